The zero-order valence-corrected chi connectivity index (χ0v) is 13.8. The quantitative estimate of drug-likeness (QED) is 0.906. The Bertz CT molecular complexity index is 796. The van der Waals surface area contributed by atoms with Crippen molar-refractivity contribution in [3.63, 3.8) is 0 Å². The van der Waals surface area contributed by atoms with Crippen molar-refractivity contribution < 1.29 is 18.4 Å². The number of hydrogen-bond donors (Lipinski definition) is 1. The number of benzene rings is 2. The normalized spacial score (nSPS) is 10.4. The van der Waals surface area contributed by atoms with Crippen LogP contribution < -0.4 is 10.2 Å². The van der Waals surface area contributed by atoms with E-state index in [0.29, 0.717) is 10.7 Å². The van der Waals surface area contributed by atoms with Gasteiger partial charge < -0.3 is 10.2 Å². The number of anilines is 2. The van der Waals surface area contributed by atoms with Crippen molar-refractivity contribution in [2.24, 2.45) is 0 Å². The first kappa shape index (κ1) is 17.9. The lowest BCUT2D eigenvalue weighted by Crippen LogP contribution is -2.36. The maximum atomic E-state index is 13.4. The fraction of sp³-hybridized carbons (Fsp3) is 0.176. The minimum atomic E-state index is -1.09. The van der Waals surface area contributed by atoms with E-state index in [2.05, 4.69) is 5.32 Å². The van der Waals surface area contributed by atoms with E-state index in [1.165, 1.54) is 13.0 Å². The number of carbonyl (C=O) groups excluding carboxylic acids is 2. The van der Waals surface area contributed by atoms with Gasteiger partial charge in [-0.2, -0.15) is 0 Å². The molecule has 0 spiro atoms. The van der Waals surface area contributed by atoms with Crippen LogP contribution in [0.2, 0.25) is 5.02 Å². The van der Waals surface area contributed by atoms with Gasteiger partial charge in [0.15, 0.2) is 11.6 Å². The van der Waals surface area contributed by atoms with Gasteiger partial charge in [-0.05, 0) is 36.8 Å². The summed E-state index contributed by atoms with van der Waals surface area (Å²) in [6.07, 6.45) is 0. The summed E-state index contributed by atoms with van der Waals surface area (Å²) in [5.74, 6) is -3.08. The van der Waals surface area contributed by atoms with E-state index in [1.807, 2.05) is 0 Å². The van der Waals surface area contributed by atoms with Crippen LogP contribution in [0.15, 0.2) is 36.4 Å². The zero-order valence-electron chi connectivity index (χ0n) is 13.1. The van der Waals surface area contributed by atoms with Crippen molar-refractivity contribution in [3.05, 3.63) is 58.6 Å². The highest BCUT2D eigenvalue weighted by Crippen LogP contribution is 2.21. The lowest BCUT2D eigenvalue weighted by molar-refractivity contribution is -0.120. The minimum absolute atomic E-state index is 0.0966. The largest absolute Gasteiger partial charge is 0.324 e. The van der Waals surface area contributed by atoms with Gasteiger partial charge in [-0.15, -0.1) is 0 Å². The number of carbonyl (C=O) groups is 2. The molecule has 2 rings (SSSR count). The van der Waals surface area contributed by atoms with Gasteiger partial charge in [-0.3, -0.25) is 9.59 Å². The lowest BCUT2D eigenvalue weighted by Gasteiger charge is -2.21. The maximum absolute atomic E-state index is 13.4. The molecule has 0 aromatic heterocycles. The molecule has 126 valence electrons. The average Bonchev–Trinajstić information content (AvgIpc) is 2.51. The van der Waals surface area contributed by atoms with E-state index in [-0.39, 0.29) is 12.2 Å². The summed E-state index contributed by atoms with van der Waals surface area (Å²) >= 11 is 5.89. The van der Waals surface area contributed by atoms with E-state index < -0.39 is 23.4 Å². The highest BCUT2D eigenvalue weighted by atomic mass is 35.5. The van der Waals surface area contributed by atoms with Crippen molar-refractivity contribution in [3.8, 4) is 0 Å². The van der Waals surface area contributed by atoms with Crippen LogP contribution in [0.5, 0.6) is 0 Å². The predicted molar refractivity (Wildman–Crippen MR) is 89.2 cm³/mol. The van der Waals surface area contributed by atoms with E-state index in [1.54, 1.807) is 25.1 Å². The number of nitrogens with one attached hydrogen (secondary N) is 1. The smallest absolute Gasteiger partial charge is 0.244 e. The molecule has 0 aliphatic rings. The molecule has 0 unspecified atom stereocenters. The van der Waals surface area contributed by atoms with Crippen molar-refractivity contribution in [1.82, 2.24) is 0 Å². The molecule has 0 heterocycles. The topological polar surface area (TPSA) is 49.4 Å². The molecule has 0 atom stereocenters. The highest BCUT2D eigenvalue weighted by molar-refractivity contribution is 6.31. The van der Waals surface area contributed by atoms with Gasteiger partial charge in [0.25, 0.3) is 0 Å². The van der Waals surface area contributed by atoms with Gasteiger partial charge in [0.1, 0.15) is 6.54 Å². The molecular formula is C17H15ClF2N2O2. The van der Waals surface area contributed by atoms with Gasteiger partial charge in [0.2, 0.25) is 11.8 Å². The summed E-state index contributed by atoms with van der Waals surface area (Å²) < 4.78 is 26.4. The Morgan fingerprint density at radius 3 is 2.46 bits per heavy atom. The second-order valence-electron chi connectivity index (χ2n) is 5.21. The molecule has 2 aromatic carbocycles. The molecule has 2 aromatic rings. The van der Waals surface area contributed by atoms with Crippen LogP contribution in [0.1, 0.15) is 12.5 Å². The van der Waals surface area contributed by atoms with Crippen LogP contribution in [0.4, 0.5) is 20.2 Å². The Balaban J connectivity index is 2.18. The Morgan fingerprint density at radius 1 is 1.12 bits per heavy atom. The second-order valence-corrected chi connectivity index (χ2v) is 5.65. The predicted octanol–water partition coefficient (Wildman–Crippen LogP) is 3.92. The Morgan fingerprint density at radius 2 is 1.83 bits per heavy atom. The second kappa shape index (κ2) is 7.40. The van der Waals surface area contributed by atoms with Crippen molar-refractivity contribution in [2.75, 3.05) is 16.8 Å². The third-order valence-corrected chi connectivity index (χ3v) is 3.61. The SMILES string of the molecule is CC(=O)N(CC(=O)Nc1cc(Cl)ccc1C)c1ccc(F)c(F)c1. The summed E-state index contributed by atoms with van der Waals surface area (Å²) in [5, 5.41) is 3.11. The average molecular weight is 353 g/mol. The lowest BCUT2D eigenvalue weighted by atomic mass is 10.2. The number of aryl methyl sites for hydroxylation is 1. The third kappa shape index (κ3) is 4.29. The molecule has 0 saturated carbocycles. The standard InChI is InChI=1S/C17H15ClF2N2O2/c1-10-3-4-12(18)7-16(10)21-17(24)9-22(11(2)23)13-5-6-14(19)15(20)8-13/h3-8H,9H2,1-2H3,(H,21,24). The fourth-order valence-corrected chi connectivity index (χ4v) is 2.27. The summed E-state index contributed by atoms with van der Waals surface area (Å²) in [4.78, 5) is 25.0. The molecule has 1 N–H and O–H groups in total. The first-order valence-electron chi connectivity index (χ1n) is 7.07. The number of hydrogen-bond acceptors (Lipinski definition) is 2. The van der Waals surface area contributed by atoms with Gasteiger partial charge in [0, 0.05) is 29.4 Å². The molecule has 0 fully saturated rings. The van der Waals surface area contributed by atoms with Crippen LogP contribution in [-0.4, -0.2) is 18.4 Å². The molecule has 4 nitrogen and oxygen atoms in total. The van der Waals surface area contributed by atoms with Crippen LogP contribution in [0.25, 0.3) is 0 Å². The van der Waals surface area contributed by atoms with Crippen LogP contribution in [0, 0.1) is 18.6 Å². The van der Waals surface area contributed by atoms with Crippen LogP contribution in [0.3, 0.4) is 0 Å². The van der Waals surface area contributed by atoms with E-state index in [9.17, 15) is 18.4 Å². The van der Waals surface area contributed by atoms with Gasteiger partial charge in [-0.1, -0.05) is 17.7 Å². The van der Waals surface area contributed by atoms with Crippen molar-refractivity contribution >= 4 is 34.8 Å². The number of nitrogens with zero attached hydrogens (tertiary/aromatic N) is 1. The summed E-state index contributed by atoms with van der Waals surface area (Å²) in [6.45, 7) is 2.69. The minimum Gasteiger partial charge on any atom is -0.324 e. The van der Waals surface area contributed by atoms with Crippen molar-refractivity contribution in [2.45, 2.75) is 13.8 Å². The Hall–Kier alpha value is -2.47. The summed E-state index contributed by atoms with van der Waals surface area (Å²) in [7, 11) is 0. The first-order valence-corrected chi connectivity index (χ1v) is 7.45. The van der Waals surface area contributed by atoms with Crippen molar-refractivity contribution in [1.29, 1.82) is 0 Å². The fourth-order valence-electron chi connectivity index (χ4n) is 2.10. The molecule has 2 amide bonds. The van der Waals surface area contributed by atoms with Gasteiger partial charge in [-0.25, -0.2) is 8.78 Å². The molecule has 0 aliphatic carbocycles. The Kier molecular flexibility index (Phi) is 5.51. The zero-order chi connectivity index (χ0) is 17.9. The summed E-state index contributed by atoms with van der Waals surface area (Å²) in [5.41, 5.74) is 1.41. The third-order valence-electron chi connectivity index (χ3n) is 3.37. The number of rotatable bonds is 4. The Labute approximate surface area is 143 Å². The molecule has 24 heavy (non-hydrogen) atoms. The summed E-state index contributed by atoms with van der Waals surface area (Å²) in [6, 6.07) is 8.03. The monoisotopic (exact) mass is 352 g/mol. The molecule has 0 aliphatic heterocycles. The van der Waals surface area contributed by atoms with E-state index in [0.717, 1.165) is 22.6 Å². The first-order chi connectivity index (χ1) is 11.3. The van der Waals surface area contributed by atoms with Gasteiger partial charge >= 0.3 is 0 Å². The molecule has 0 saturated heterocycles. The number of amides is 2. The van der Waals surface area contributed by atoms with Crippen LogP contribution in [-0.2, 0) is 9.59 Å². The van der Waals surface area contributed by atoms with E-state index in [4.69, 9.17) is 11.6 Å². The van der Waals surface area contributed by atoms with E-state index >= 15 is 0 Å². The molecule has 7 heteroatoms. The van der Waals surface area contributed by atoms with Gasteiger partial charge in [0.05, 0.1) is 0 Å². The molecule has 0 bridgehead atoms. The molecular weight excluding hydrogens is 338 g/mol. The highest BCUT2D eigenvalue weighted by Gasteiger charge is 2.18. The maximum Gasteiger partial charge on any atom is 0.244 e. The molecule has 0 radical (unpaired) electrons. The number of halogens is 3. The van der Waals surface area contributed by atoms with Crippen LogP contribution >= 0.6 is 11.6 Å².